The van der Waals surface area contributed by atoms with Gasteiger partial charge in [-0.2, -0.15) is 5.10 Å². The van der Waals surface area contributed by atoms with Gasteiger partial charge in [0, 0.05) is 23.3 Å². The quantitative estimate of drug-likeness (QED) is 0.345. The summed E-state index contributed by atoms with van der Waals surface area (Å²) in [6.07, 6.45) is 5.07. The number of fused-ring (bicyclic) bond motifs is 2. The Morgan fingerprint density at radius 1 is 1.11 bits per heavy atom. The van der Waals surface area contributed by atoms with E-state index in [1.54, 1.807) is 10.6 Å². The average molecular weight is 469 g/mol. The summed E-state index contributed by atoms with van der Waals surface area (Å²) in [5.41, 5.74) is 5.64. The molecule has 1 amide bonds. The fourth-order valence-corrected chi connectivity index (χ4v) is 4.25. The number of amides is 1. The molecule has 0 saturated carbocycles. The average Bonchev–Trinajstić information content (AvgIpc) is 3.44. The highest BCUT2D eigenvalue weighted by molar-refractivity contribution is 6.08. The van der Waals surface area contributed by atoms with Crippen molar-refractivity contribution in [3.63, 3.8) is 0 Å². The SMILES string of the molecule is CCCOc1ccn2c(C(=O)Nc3cccc4c3c(CC)nn4Cc3cccc(C)n3)cnc2c1. The Morgan fingerprint density at radius 2 is 1.97 bits per heavy atom. The third-order valence-corrected chi connectivity index (χ3v) is 5.88. The number of pyridine rings is 2. The van der Waals surface area contributed by atoms with Gasteiger partial charge in [-0.15, -0.1) is 0 Å². The first-order valence-electron chi connectivity index (χ1n) is 11.9. The molecule has 4 aromatic heterocycles. The summed E-state index contributed by atoms with van der Waals surface area (Å²) in [5, 5.41) is 8.88. The lowest BCUT2D eigenvalue weighted by atomic mass is 10.1. The molecule has 1 aromatic carbocycles. The van der Waals surface area contributed by atoms with E-state index in [-0.39, 0.29) is 5.91 Å². The third-order valence-electron chi connectivity index (χ3n) is 5.88. The molecule has 8 nitrogen and oxygen atoms in total. The molecule has 0 aliphatic heterocycles. The number of hydrogen-bond donors (Lipinski definition) is 1. The number of imidazole rings is 1. The summed E-state index contributed by atoms with van der Waals surface area (Å²) in [6.45, 7) is 7.31. The normalized spacial score (nSPS) is 11.3. The van der Waals surface area contributed by atoms with Crippen molar-refractivity contribution in [1.29, 1.82) is 0 Å². The maximum atomic E-state index is 13.3. The lowest BCUT2D eigenvalue weighted by molar-refractivity contribution is 0.102. The molecule has 0 bridgehead atoms. The van der Waals surface area contributed by atoms with Crippen molar-refractivity contribution in [1.82, 2.24) is 24.1 Å². The smallest absolute Gasteiger partial charge is 0.274 e. The van der Waals surface area contributed by atoms with Crippen LogP contribution in [0.3, 0.4) is 0 Å². The second-order valence-electron chi connectivity index (χ2n) is 8.46. The molecule has 0 fully saturated rings. The Balaban J connectivity index is 1.46. The van der Waals surface area contributed by atoms with E-state index in [0.717, 1.165) is 52.3 Å². The first-order chi connectivity index (χ1) is 17.1. The van der Waals surface area contributed by atoms with Gasteiger partial charge in [0.1, 0.15) is 17.1 Å². The molecule has 178 valence electrons. The Labute approximate surface area is 203 Å². The van der Waals surface area contributed by atoms with Crippen LogP contribution in [0.2, 0.25) is 0 Å². The van der Waals surface area contributed by atoms with Crippen molar-refractivity contribution >= 4 is 28.1 Å². The summed E-state index contributed by atoms with van der Waals surface area (Å²) in [6, 6.07) is 15.5. The van der Waals surface area contributed by atoms with Crippen LogP contribution in [0, 0.1) is 6.92 Å². The Bertz CT molecular complexity index is 1520. The molecule has 0 saturated heterocycles. The Hall–Kier alpha value is -4.20. The molecular weight excluding hydrogens is 440 g/mol. The molecule has 35 heavy (non-hydrogen) atoms. The number of nitrogens with zero attached hydrogens (tertiary/aromatic N) is 5. The number of nitrogens with one attached hydrogen (secondary N) is 1. The molecule has 5 rings (SSSR count). The standard InChI is InChI=1S/C27H28N6O2/c1-4-14-35-20-12-13-32-24(16-28-25(32)15-20)27(34)30-22-10-7-11-23-26(22)21(5-2)31-33(23)17-19-9-6-8-18(3)29-19/h6-13,15-16H,4-5,14,17H2,1-3H3,(H,30,34). The van der Waals surface area contributed by atoms with Crippen molar-refractivity contribution in [2.75, 3.05) is 11.9 Å². The van der Waals surface area contributed by atoms with Crippen LogP contribution in [0.15, 0.2) is 60.9 Å². The number of hydrogen-bond acceptors (Lipinski definition) is 5. The predicted octanol–water partition coefficient (Wildman–Crippen LogP) is 5.04. The van der Waals surface area contributed by atoms with Crippen LogP contribution in [0.5, 0.6) is 5.75 Å². The van der Waals surface area contributed by atoms with E-state index in [0.29, 0.717) is 24.5 Å². The molecule has 8 heteroatoms. The first-order valence-corrected chi connectivity index (χ1v) is 11.9. The number of aryl methyl sites for hydroxylation is 2. The number of aromatic nitrogens is 5. The van der Waals surface area contributed by atoms with Gasteiger partial charge in [0.2, 0.25) is 0 Å². The number of carbonyl (C=O) groups excluding carboxylic acids is 1. The zero-order valence-electron chi connectivity index (χ0n) is 20.2. The molecule has 0 aliphatic rings. The summed E-state index contributed by atoms with van der Waals surface area (Å²) >= 11 is 0. The minimum atomic E-state index is -0.234. The van der Waals surface area contributed by atoms with Gasteiger partial charge >= 0.3 is 0 Å². The van der Waals surface area contributed by atoms with E-state index in [2.05, 4.69) is 29.1 Å². The highest BCUT2D eigenvalue weighted by Gasteiger charge is 2.18. The van der Waals surface area contributed by atoms with Crippen LogP contribution in [0.1, 0.15) is 47.8 Å². The minimum Gasteiger partial charge on any atom is -0.493 e. The van der Waals surface area contributed by atoms with Crippen LogP contribution >= 0.6 is 0 Å². The van der Waals surface area contributed by atoms with Crippen molar-refractivity contribution < 1.29 is 9.53 Å². The first kappa shape index (κ1) is 22.6. The summed E-state index contributed by atoms with van der Waals surface area (Å²) in [4.78, 5) is 22.3. The minimum absolute atomic E-state index is 0.234. The van der Waals surface area contributed by atoms with E-state index in [9.17, 15) is 4.79 Å². The number of anilines is 1. The molecule has 0 spiro atoms. The summed E-state index contributed by atoms with van der Waals surface area (Å²) in [5.74, 6) is 0.507. The van der Waals surface area contributed by atoms with Crippen molar-refractivity contribution in [3.05, 3.63) is 83.7 Å². The van der Waals surface area contributed by atoms with Crippen LogP contribution in [-0.2, 0) is 13.0 Å². The molecule has 0 atom stereocenters. The van der Waals surface area contributed by atoms with E-state index < -0.39 is 0 Å². The van der Waals surface area contributed by atoms with Gasteiger partial charge in [-0.05, 0) is 50.1 Å². The zero-order valence-corrected chi connectivity index (χ0v) is 20.2. The second kappa shape index (κ2) is 9.58. The number of carbonyl (C=O) groups is 1. The van der Waals surface area contributed by atoms with Gasteiger partial charge in [-0.1, -0.05) is 26.0 Å². The highest BCUT2D eigenvalue weighted by Crippen LogP contribution is 2.29. The van der Waals surface area contributed by atoms with Gasteiger partial charge in [0.15, 0.2) is 0 Å². The van der Waals surface area contributed by atoms with E-state index in [1.165, 1.54) is 0 Å². The Kier molecular flexibility index (Phi) is 6.18. The van der Waals surface area contributed by atoms with Crippen LogP contribution in [0.4, 0.5) is 5.69 Å². The molecule has 1 N–H and O–H groups in total. The van der Waals surface area contributed by atoms with Crippen molar-refractivity contribution in [2.45, 2.75) is 40.2 Å². The lowest BCUT2D eigenvalue weighted by Gasteiger charge is -2.09. The van der Waals surface area contributed by atoms with Gasteiger partial charge in [0.25, 0.3) is 5.91 Å². The number of rotatable bonds is 8. The maximum absolute atomic E-state index is 13.3. The Morgan fingerprint density at radius 3 is 2.77 bits per heavy atom. The van der Waals surface area contributed by atoms with Crippen LogP contribution in [-0.4, -0.2) is 36.7 Å². The number of ether oxygens (including phenoxy) is 1. The molecule has 0 aliphatic carbocycles. The van der Waals surface area contributed by atoms with E-state index >= 15 is 0 Å². The lowest BCUT2D eigenvalue weighted by Crippen LogP contribution is -2.14. The van der Waals surface area contributed by atoms with E-state index in [4.69, 9.17) is 9.84 Å². The molecule has 0 unspecified atom stereocenters. The van der Waals surface area contributed by atoms with E-state index in [1.807, 2.05) is 66.3 Å². The predicted molar refractivity (Wildman–Crippen MR) is 136 cm³/mol. The van der Waals surface area contributed by atoms with Gasteiger partial charge in [0.05, 0.1) is 41.9 Å². The molecule has 5 aromatic rings. The fraction of sp³-hybridized carbons (Fsp3) is 0.259. The third kappa shape index (κ3) is 4.47. The molecular formula is C27H28N6O2. The monoisotopic (exact) mass is 468 g/mol. The van der Waals surface area contributed by atoms with Crippen molar-refractivity contribution in [3.8, 4) is 5.75 Å². The van der Waals surface area contributed by atoms with Crippen molar-refractivity contribution in [2.24, 2.45) is 0 Å². The summed E-state index contributed by atoms with van der Waals surface area (Å²) < 4.78 is 9.41. The van der Waals surface area contributed by atoms with Crippen LogP contribution in [0.25, 0.3) is 16.6 Å². The second-order valence-corrected chi connectivity index (χ2v) is 8.46. The number of benzene rings is 1. The fourth-order valence-electron chi connectivity index (χ4n) is 4.25. The highest BCUT2D eigenvalue weighted by atomic mass is 16.5. The maximum Gasteiger partial charge on any atom is 0.274 e. The van der Waals surface area contributed by atoms with Gasteiger partial charge in [-0.3, -0.25) is 18.9 Å². The molecule has 0 radical (unpaired) electrons. The largest absolute Gasteiger partial charge is 0.493 e. The zero-order chi connectivity index (χ0) is 24.4. The molecule has 4 heterocycles. The van der Waals surface area contributed by atoms with Gasteiger partial charge < -0.3 is 10.1 Å². The topological polar surface area (TPSA) is 86.3 Å². The van der Waals surface area contributed by atoms with Crippen LogP contribution < -0.4 is 10.1 Å². The summed E-state index contributed by atoms with van der Waals surface area (Å²) in [7, 11) is 0. The van der Waals surface area contributed by atoms with Gasteiger partial charge in [-0.25, -0.2) is 4.98 Å².